The number of carbonyl (C=O) groups is 2. The molecule has 0 saturated heterocycles. The van der Waals surface area contributed by atoms with Crippen LogP contribution in [0.3, 0.4) is 0 Å². The minimum Gasteiger partial charge on any atom is -0.346 e. The number of rotatable bonds is 7. The lowest BCUT2D eigenvalue weighted by atomic mass is 10.0. The second-order valence-corrected chi connectivity index (χ2v) is 4.54. The first-order valence-electron chi connectivity index (χ1n) is 6.12. The molecule has 0 rings (SSSR count). The van der Waals surface area contributed by atoms with Gasteiger partial charge in [-0.05, 0) is 19.4 Å². The summed E-state index contributed by atoms with van der Waals surface area (Å²) in [6, 6.07) is -0.251. The molecule has 5 nitrogen and oxygen atoms in total. The third-order valence-corrected chi connectivity index (χ3v) is 2.66. The van der Waals surface area contributed by atoms with Crippen molar-refractivity contribution in [2.75, 3.05) is 27.2 Å². The molecule has 0 aliphatic carbocycles. The van der Waals surface area contributed by atoms with Gasteiger partial charge in [-0.25, -0.2) is 0 Å². The smallest absolute Gasteiger partial charge is 0.241 e. The summed E-state index contributed by atoms with van der Waals surface area (Å²) < 4.78 is 0. The quantitative estimate of drug-likeness (QED) is 0.672. The normalized spacial score (nSPS) is 12.4. The molecule has 0 bridgehead atoms. The maximum absolute atomic E-state index is 11.8. The van der Waals surface area contributed by atoms with Gasteiger partial charge in [0.25, 0.3) is 0 Å². The lowest BCUT2D eigenvalue weighted by Gasteiger charge is -2.21. The molecule has 2 amide bonds. The Morgan fingerprint density at radius 2 is 1.88 bits per heavy atom. The van der Waals surface area contributed by atoms with E-state index in [9.17, 15) is 9.59 Å². The van der Waals surface area contributed by atoms with Gasteiger partial charge in [0, 0.05) is 13.6 Å². The SMILES string of the molecule is CCCN(C)C(=O)CNC(=O)C(NC)C(C)C. The van der Waals surface area contributed by atoms with Gasteiger partial charge in [-0.3, -0.25) is 9.59 Å². The highest BCUT2D eigenvalue weighted by atomic mass is 16.2. The van der Waals surface area contributed by atoms with E-state index in [2.05, 4.69) is 10.6 Å². The van der Waals surface area contributed by atoms with Crippen LogP contribution in [0.4, 0.5) is 0 Å². The zero-order valence-electron chi connectivity index (χ0n) is 11.5. The van der Waals surface area contributed by atoms with E-state index in [0.29, 0.717) is 6.54 Å². The Morgan fingerprint density at radius 3 is 2.29 bits per heavy atom. The largest absolute Gasteiger partial charge is 0.346 e. The molecule has 2 N–H and O–H groups in total. The van der Waals surface area contributed by atoms with Crippen LogP contribution in [-0.4, -0.2) is 49.9 Å². The summed E-state index contributed by atoms with van der Waals surface area (Å²) in [4.78, 5) is 25.0. The van der Waals surface area contributed by atoms with Crippen molar-refractivity contribution < 1.29 is 9.59 Å². The van der Waals surface area contributed by atoms with Crippen molar-refractivity contribution in [1.29, 1.82) is 0 Å². The number of hydrogen-bond donors (Lipinski definition) is 2. The predicted molar refractivity (Wildman–Crippen MR) is 68.6 cm³/mol. The van der Waals surface area contributed by atoms with E-state index in [4.69, 9.17) is 0 Å². The van der Waals surface area contributed by atoms with Crippen molar-refractivity contribution in [2.45, 2.75) is 33.2 Å². The third kappa shape index (κ3) is 5.68. The maximum atomic E-state index is 11.8. The molecular formula is C12H25N3O2. The van der Waals surface area contributed by atoms with E-state index in [-0.39, 0.29) is 30.3 Å². The van der Waals surface area contributed by atoms with Gasteiger partial charge in [-0.15, -0.1) is 0 Å². The van der Waals surface area contributed by atoms with Crippen molar-refractivity contribution >= 4 is 11.8 Å². The number of amides is 2. The van der Waals surface area contributed by atoms with E-state index in [1.807, 2.05) is 20.8 Å². The summed E-state index contributed by atoms with van der Waals surface area (Å²) in [5.41, 5.74) is 0. The topological polar surface area (TPSA) is 61.4 Å². The Bertz CT molecular complexity index is 254. The van der Waals surface area contributed by atoms with Crippen LogP contribution in [0, 0.1) is 5.92 Å². The van der Waals surface area contributed by atoms with Gasteiger partial charge in [-0.2, -0.15) is 0 Å². The van der Waals surface area contributed by atoms with Gasteiger partial charge >= 0.3 is 0 Å². The summed E-state index contributed by atoms with van der Waals surface area (Å²) >= 11 is 0. The van der Waals surface area contributed by atoms with Gasteiger partial charge in [0.05, 0.1) is 12.6 Å². The Morgan fingerprint density at radius 1 is 1.29 bits per heavy atom. The fourth-order valence-electron chi connectivity index (χ4n) is 1.63. The zero-order chi connectivity index (χ0) is 13.4. The minimum absolute atomic E-state index is 0.0567. The number of likely N-dealkylation sites (N-methyl/N-ethyl adjacent to an activating group) is 2. The molecule has 0 aliphatic heterocycles. The number of carbonyl (C=O) groups excluding carboxylic acids is 2. The molecule has 100 valence electrons. The first-order chi connectivity index (χ1) is 7.93. The highest BCUT2D eigenvalue weighted by Crippen LogP contribution is 2.00. The molecule has 0 heterocycles. The molecule has 17 heavy (non-hydrogen) atoms. The summed E-state index contributed by atoms with van der Waals surface area (Å²) in [7, 11) is 3.49. The molecule has 0 fully saturated rings. The lowest BCUT2D eigenvalue weighted by Crippen LogP contribution is -2.48. The van der Waals surface area contributed by atoms with E-state index in [1.54, 1.807) is 19.0 Å². The first-order valence-corrected chi connectivity index (χ1v) is 6.12. The van der Waals surface area contributed by atoms with Crippen LogP contribution in [0.1, 0.15) is 27.2 Å². The minimum atomic E-state index is -0.251. The van der Waals surface area contributed by atoms with Gasteiger partial charge in [0.15, 0.2) is 0 Å². The fraction of sp³-hybridized carbons (Fsp3) is 0.833. The average molecular weight is 243 g/mol. The third-order valence-electron chi connectivity index (χ3n) is 2.66. The highest BCUT2D eigenvalue weighted by molar-refractivity contribution is 5.87. The standard InChI is InChI=1S/C12H25N3O2/c1-6-7-15(5)10(16)8-14-12(17)11(13-4)9(2)3/h9,11,13H,6-8H2,1-5H3,(H,14,17). The van der Waals surface area contributed by atoms with Crippen molar-refractivity contribution in [1.82, 2.24) is 15.5 Å². The van der Waals surface area contributed by atoms with Crippen LogP contribution in [0.25, 0.3) is 0 Å². The van der Waals surface area contributed by atoms with Crippen molar-refractivity contribution in [3.63, 3.8) is 0 Å². The molecule has 0 aliphatic rings. The summed E-state index contributed by atoms with van der Waals surface area (Å²) in [6.45, 7) is 6.73. The Balaban J connectivity index is 4.10. The molecule has 1 unspecified atom stereocenters. The van der Waals surface area contributed by atoms with Gasteiger partial charge in [0.2, 0.25) is 11.8 Å². The molecule has 5 heteroatoms. The van der Waals surface area contributed by atoms with Crippen LogP contribution >= 0.6 is 0 Å². The van der Waals surface area contributed by atoms with Gasteiger partial charge in [-0.1, -0.05) is 20.8 Å². The molecule has 0 radical (unpaired) electrons. The predicted octanol–water partition coefficient (Wildman–Crippen LogP) is 0.215. The zero-order valence-corrected chi connectivity index (χ0v) is 11.5. The van der Waals surface area contributed by atoms with Crippen LogP contribution in [0.5, 0.6) is 0 Å². The van der Waals surface area contributed by atoms with Crippen molar-refractivity contribution in [3.8, 4) is 0 Å². The van der Waals surface area contributed by atoms with Crippen molar-refractivity contribution in [2.24, 2.45) is 5.92 Å². The average Bonchev–Trinajstić information content (AvgIpc) is 2.26. The van der Waals surface area contributed by atoms with E-state index >= 15 is 0 Å². The highest BCUT2D eigenvalue weighted by Gasteiger charge is 2.20. The Kier molecular flexibility index (Phi) is 7.54. The van der Waals surface area contributed by atoms with Crippen LogP contribution in [0.2, 0.25) is 0 Å². The van der Waals surface area contributed by atoms with Crippen LogP contribution in [-0.2, 0) is 9.59 Å². The Hall–Kier alpha value is -1.10. The maximum Gasteiger partial charge on any atom is 0.241 e. The molecule has 0 spiro atoms. The second kappa shape index (κ2) is 8.06. The van der Waals surface area contributed by atoms with Gasteiger partial charge in [0.1, 0.15) is 0 Å². The Labute approximate surface area is 104 Å². The first kappa shape index (κ1) is 15.9. The monoisotopic (exact) mass is 243 g/mol. The molecular weight excluding hydrogens is 218 g/mol. The fourth-order valence-corrected chi connectivity index (χ4v) is 1.63. The van der Waals surface area contributed by atoms with Crippen LogP contribution < -0.4 is 10.6 Å². The second-order valence-electron chi connectivity index (χ2n) is 4.54. The number of nitrogens with one attached hydrogen (secondary N) is 2. The van der Waals surface area contributed by atoms with E-state index in [1.165, 1.54) is 0 Å². The molecule has 1 atom stereocenters. The number of hydrogen-bond acceptors (Lipinski definition) is 3. The summed E-state index contributed by atoms with van der Waals surface area (Å²) in [5.74, 6) is 0.0167. The molecule has 0 aromatic rings. The molecule has 0 aromatic carbocycles. The van der Waals surface area contributed by atoms with Crippen LogP contribution in [0.15, 0.2) is 0 Å². The van der Waals surface area contributed by atoms with Crippen molar-refractivity contribution in [3.05, 3.63) is 0 Å². The summed E-state index contributed by atoms with van der Waals surface area (Å²) in [6.07, 6.45) is 0.918. The molecule has 0 saturated carbocycles. The summed E-state index contributed by atoms with van der Waals surface area (Å²) in [5, 5.41) is 5.60. The van der Waals surface area contributed by atoms with Gasteiger partial charge < -0.3 is 15.5 Å². The van der Waals surface area contributed by atoms with E-state index < -0.39 is 0 Å². The number of nitrogens with zero attached hydrogens (tertiary/aromatic N) is 1. The molecule has 0 aromatic heterocycles. The van der Waals surface area contributed by atoms with E-state index in [0.717, 1.165) is 6.42 Å². The lowest BCUT2D eigenvalue weighted by molar-refractivity contribution is -0.132.